The Hall–Kier alpha value is -3.91. The average molecular weight is 498 g/mol. The first-order valence-electron chi connectivity index (χ1n) is 12.0. The maximum Gasteiger partial charge on any atom is 0.263 e. The van der Waals surface area contributed by atoms with Crippen molar-refractivity contribution in [1.29, 1.82) is 0 Å². The minimum absolute atomic E-state index is 0.0563. The number of rotatable bonds is 9. The molecule has 182 valence electrons. The van der Waals surface area contributed by atoms with Crippen molar-refractivity contribution < 1.29 is 4.79 Å². The number of hydrogen-bond acceptors (Lipinski definition) is 5. The summed E-state index contributed by atoms with van der Waals surface area (Å²) in [5.74, 6) is 0.615. The van der Waals surface area contributed by atoms with Crippen molar-refractivity contribution in [3.05, 3.63) is 106 Å². The fourth-order valence-corrected chi connectivity index (χ4v) is 5.03. The fraction of sp³-hybridized carbons (Fsp3) is 0.214. The predicted octanol–water partition coefficient (Wildman–Crippen LogP) is 4.32. The molecular formula is C28H27N5O2S. The lowest BCUT2D eigenvalue weighted by atomic mass is 10.1. The van der Waals surface area contributed by atoms with Gasteiger partial charge >= 0.3 is 0 Å². The SMILES string of the molecule is CC(CCc1ccccc1)NC(=O)CSc1nnc2n(Cc3ccccc3)c(=O)c3ccccc3n12. The number of aryl methyl sites for hydroxylation is 1. The van der Waals surface area contributed by atoms with Gasteiger partial charge in [-0.3, -0.25) is 18.6 Å². The van der Waals surface area contributed by atoms with Crippen LogP contribution in [0.2, 0.25) is 0 Å². The molecule has 0 aliphatic heterocycles. The molecule has 1 atom stereocenters. The second-order valence-corrected chi connectivity index (χ2v) is 9.74. The highest BCUT2D eigenvalue weighted by Crippen LogP contribution is 2.22. The summed E-state index contributed by atoms with van der Waals surface area (Å²) in [4.78, 5) is 26.0. The van der Waals surface area contributed by atoms with Crippen LogP contribution in [0.15, 0.2) is 94.9 Å². The van der Waals surface area contributed by atoms with Crippen molar-refractivity contribution in [2.45, 2.75) is 37.5 Å². The summed E-state index contributed by atoms with van der Waals surface area (Å²) in [5.41, 5.74) is 2.87. The normalized spacial score (nSPS) is 12.1. The summed E-state index contributed by atoms with van der Waals surface area (Å²) in [6, 6.07) is 27.6. The zero-order chi connectivity index (χ0) is 24.9. The second-order valence-electron chi connectivity index (χ2n) is 8.79. The summed E-state index contributed by atoms with van der Waals surface area (Å²) in [6.45, 7) is 2.41. The summed E-state index contributed by atoms with van der Waals surface area (Å²) in [7, 11) is 0. The quantitative estimate of drug-likeness (QED) is 0.307. The molecular weight excluding hydrogens is 470 g/mol. The van der Waals surface area contributed by atoms with E-state index in [1.165, 1.54) is 17.3 Å². The van der Waals surface area contributed by atoms with Crippen LogP contribution in [0.5, 0.6) is 0 Å². The molecule has 0 aliphatic carbocycles. The van der Waals surface area contributed by atoms with Gasteiger partial charge < -0.3 is 5.32 Å². The Balaban J connectivity index is 1.35. The van der Waals surface area contributed by atoms with Gasteiger partial charge in [0.2, 0.25) is 11.7 Å². The first-order valence-corrected chi connectivity index (χ1v) is 13.0. The molecule has 1 amide bonds. The zero-order valence-electron chi connectivity index (χ0n) is 20.0. The maximum atomic E-state index is 13.3. The predicted molar refractivity (Wildman–Crippen MR) is 143 cm³/mol. The lowest BCUT2D eigenvalue weighted by Gasteiger charge is -2.14. The number of nitrogens with one attached hydrogen (secondary N) is 1. The molecule has 5 aromatic rings. The van der Waals surface area contributed by atoms with Gasteiger partial charge in [0, 0.05) is 6.04 Å². The van der Waals surface area contributed by atoms with Crippen LogP contribution in [0.25, 0.3) is 16.7 Å². The molecule has 1 unspecified atom stereocenters. The molecule has 3 aromatic carbocycles. The van der Waals surface area contributed by atoms with Crippen LogP contribution in [-0.2, 0) is 17.8 Å². The van der Waals surface area contributed by atoms with Crippen LogP contribution < -0.4 is 10.9 Å². The summed E-state index contributed by atoms with van der Waals surface area (Å²) < 4.78 is 3.51. The standard InChI is InChI=1S/C28H27N5O2S/c1-20(16-17-21-10-4-2-5-11-21)29-25(34)19-36-28-31-30-27-32(18-22-12-6-3-7-13-22)26(35)23-14-8-9-15-24(23)33(27)28/h2-15,20H,16-19H2,1H3,(H,29,34). The van der Waals surface area contributed by atoms with Gasteiger partial charge in [-0.1, -0.05) is 84.6 Å². The molecule has 0 saturated carbocycles. The van der Waals surface area contributed by atoms with Crippen molar-refractivity contribution in [3.63, 3.8) is 0 Å². The number of amides is 1. The van der Waals surface area contributed by atoms with Crippen LogP contribution in [0.4, 0.5) is 0 Å². The van der Waals surface area contributed by atoms with Crippen molar-refractivity contribution in [2.24, 2.45) is 0 Å². The van der Waals surface area contributed by atoms with E-state index in [-0.39, 0.29) is 23.3 Å². The van der Waals surface area contributed by atoms with Gasteiger partial charge in [0.1, 0.15) is 0 Å². The van der Waals surface area contributed by atoms with Gasteiger partial charge in [0.05, 0.1) is 23.2 Å². The van der Waals surface area contributed by atoms with Crippen LogP contribution in [-0.4, -0.2) is 36.9 Å². The third-order valence-electron chi connectivity index (χ3n) is 6.11. The Bertz CT molecular complexity index is 1550. The first kappa shape index (κ1) is 23.8. The van der Waals surface area contributed by atoms with Crippen molar-refractivity contribution in [2.75, 3.05) is 5.75 Å². The molecule has 5 rings (SSSR count). The number of hydrogen-bond donors (Lipinski definition) is 1. The Kier molecular flexibility index (Phi) is 7.13. The molecule has 36 heavy (non-hydrogen) atoms. The Labute approximate surface area is 213 Å². The third kappa shape index (κ3) is 5.18. The van der Waals surface area contributed by atoms with E-state index < -0.39 is 0 Å². The maximum absolute atomic E-state index is 13.3. The largest absolute Gasteiger partial charge is 0.353 e. The van der Waals surface area contributed by atoms with E-state index in [9.17, 15) is 9.59 Å². The van der Waals surface area contributed by atoms with E-state index in [1.54, 1.807) is 4.57 Å². The van der Waals surface area contributed by atoms with Gasteiger partial charge in [-0.05, 0) is 43.0 Å². The number of benzene rings is 3. The lowest BCUT2D eigenvalue weighted by molar-refractivity contribution is -0.119. The average Bonchev–Trinajstić information content (AvgIpc) is 3.34. The van der Waals surface area contributed by atoms with Crippen molar-refractivity contribution in [1.82, 2.24) is 24.5 Å². The molecule has 0 aliphatic rings. The minimum Gasteiger partial charge on any atom is -0.353 e. The van der Waals surface area contributed by atoms with Crippen LogP contribution >= 0.6 is 11.8 Å². The van der Waals surface area contributed by atoms with E-state index in [2.05, 4.69) is 27.6 Å². The number of carbonyl (C=O) groups is 1. The van der Waals surface area contributed by atoms with Gasteiger partial charge in [-0.25, -0.2) is 0 Å². The lowest BCUT2D eigenvalue weighted by Crippen LogP contribution is -2.34. The molecule has 1 N–H and O–H groups in total. The molecule has 8 heteroatoms. The molecule has 0 saturated heterocycles. The summed E-state index contributed by atoms with van der Waals surface area (Å²) >= 11 is 1.32. The Morgan fingerprint density at radius 3 is 2.33 bits per heavy atom. The van der Waals surface area contributed by atoms with E-state index in [0.29, 0.717) is 22.9 Å². The van der Waals surface area contributed by atoms with E-state index in [0.717, 1.165) is 23.9 Å². The van der Waals surface area contributed by atoms with E-state index in [4.69, 9.17) is 0 Å². The molecule has 0 spiro atoms. The monoisotopic (exact) mass is 497 g/mol. The topological polar surface area (TPSA) is 81.3 Å². The van der Waals surface area contributed by atoms with E-state index >= 15 is 0 Å². The fourth-order valence-electron chi connectivity index (χ4n) is 4.28. The smallest absolute Gasteiger partial charge is 0.263 e. The van der Waals surface area contributed by atoms with Crippen LogP contribution in [0.1, 0.15) is 24.5 Å². The highest BCUT2D eigenvalue weighted by molar-refractivity contribution is 7.99. The van der Waals surface area contributed by atoms with Gasteiger partial charge in [0.15, 0.2) is 5.16 Å². The highest BCUT2D eigenvalue weighted by Gasteiger charge is 2.18. The Morgan fingerprint density at radius 1 is 0.917 bits per heavy atom. The molecule has 0 radical (unpaired) electrons. The number of fused-ring (bicyclic) bond motifs is 3. The number of para-hydroxylation sites is 1. The van der Waals surface area contributed by atoms with Gasteiger partial charge in [-0.2, -0.15) is 0 Å². The van der Waals surface area contributed by atoms with Crippen LogP contribution in [0, 0.1) is 0 Å². The molecule has 2 heterocycles. The first-order chi connectivity index (χ1) is 17.6. The molecule has 7 nitrogen and oxygen atoms in total. The van der Waals surface area contributed by atoms with Gasteiger partial charge in [0.25, 0.3) is 5.56 Å². The molecule has 2 aromatic heterocycles. The third-order valence-corrected chi connectivity index (χ3v) is 7.04. The summed E-state index contributed by atoms with van der Waals surface area (Å²) in [5, 5.41) is 12.9. The minimum atomic E-state index is -0.115. The van der Waals surface area contributed by atoms with Gasteiger partial charge in [-0.15, -0.1) is 10.2 Å². The second kappa shape index (κ2) is 10.8. The number of thioether (sulfide) groups is 1. The zero-order valence-corrected chi connectivity index (χ0v) is 20.8. The highest BCUT2D eigenvalue weighted by atomic mass is 32.2. The molecule has 0 bridgehead atoms. The van der Waals surface area contributed by atoms with E-state index in [1.807, 2.05) is 84.1 Å². The van der Waals surface area contributed by atoms with Crippen molar-refractivity contribution in [3.8, 4) is 0 Å². The Morgan fingerprint density at radius 2 is 1.58 bits per heavy atom. The number of carbonyl (C=O) groups excluding carboxylic acids is 1. The summed E-state index contributed by atoms with van der Waals surface area (Å²) in [6.07, 6.45) is 1.78. The number of aromatic nitrogens is 4. The van der Waals surface area contributed by atoms with Crippen LogP contribution in [0.3, 0.4) is 0 Å². The molecule has 0 fully saturated rings. The number of nitrogens with zero attached hydrogens (tertiary/aromatic N) is 4. The van der Waals surface area contributed by atoms with Crippen molar-refractivity contribution >= 4 is 34.3 Å².